The summed E-state index contributed by atoms with van der Waals surface area (Å²) in [6.07, 6.45) is 1.14. The van der Waals surface area contributed by atoms with E-state index in [2.05, 4.69) is 73.2 Å². The lowest BCUT2D eigenvalue weighted by molar-refractivity contribution is 0.292. The first-order valence-corrected chi connectivity index (χ1v) is 7.31. The molecule has 0 aromatic heterocycles. The summed E-state index contributed by atoms with van der Waals surface area (Å²) in [7, 11) is 0. The number of halogens is 1. The van der Waals surface area contributed by atoms with Crippen LogP contribution in [0.1, 0.15) is 33.3 Å². The fourth-order valence-electron chi connectivity index (χ4n) is 2.40. The van der Waals surface area contributed by atoms with Gasteiger partial charge in [0.1, 0.15) is 0 Å². The van der Waals surface area contributed by atoms with Crippen LogP contribution < -0.4 is 5.32 Å². The van der Waals surface area contributed by atoms with Gasteiger partial charge < -0.3 is 5.32 Å². The highest BCUT2D eigenvalue weighted by Crippen LogP contribution is 2.22. The van der Waals surface area contributed by atoms with Gasteiger partial charge in [-0.05, 0) is 49.4 Å². The molecule has 0 radical (unpaired) electrons. The molecule has 0 fully saturated rings. The lowest BCUT2D eigenvalue weighted by Gasteiger charge is -2.28. The summed E-state index contributed by atoms with van der Waals surface area (Å²) in [5.41, 5.74) is 1.42. The molecule has 1 aromatic rings. The summed E-state index contributed by atoms with van der Waals surface area (Å²) in [5, 5.41) is 3.55. The van der Waals surface area contributed by atoms with E-state index in [9.17, 15) is 0 Å². The smallest absolute Gasteiger partial charge is 0.0177 e. The van der Waals surface area contributed by atoms with Crippen LogP contribution in [0.3, 0.4) is 0 Å². The Morgan fingerprint density at radius 2 is 1.94 bits per heavy atom. The molecule has 1 rings (SSSR count). The van der Waals surface area contributed by atoms with Crippen LogP contribution in [0.2, 0.25) is 0 Å². The van der Waals surface area contributed by atoms with Crippen LogP contribution in [0.4, 0.5) is 0 Å². The average Bonchev–Trinajstić information content (AvgIpc) is 2.26. The van der Waals surface area contributed by atoms with Gasteiger partial charge in [0.05, 0.1) is 0 Å². The molecular weight excluding hydrogens is 274 g/mol. The van der Waals surface area contributed by atoms with Crippen LogP contribution >= 0.6 is 15.9 Å². The van der Waals surface area contributed by atoms with E-state index in [0.717, 1.165) is 13.0 Å². The molecule has 0 aliphatic rings. The summed E-state index contributed by atoms with van der Waals surface area (Å²) >= 11 is 3.54. The van der Waals surface area contributed by atoms with Gasteiger partial charge >= 0.3 is 0 Å². The van der Waals surface area contributed by atoms with Crippen LogP contribution in [-0.2, 0) is 6.42 Å². The summed E-state index contributed by atoms with van der Waals surface area (Å²) in [5.74, 6) is 1.38. The van der Waals surface area contributed by atoms with Crippen molar-refractivity contribution in [1.29, 1.82) is 0 Å². The van der Waals surface area contributed by atoms with Gasteiger partial charge in [-0.25, -0.2) is 0 Å². The highest BCUT2D eigenvalue weighted by Gasteiger charge is 2.20. The summed E-state index contributed by atoms with van der Waals surface area (Å²) < 4.78 is 1.17. The normalized spacial score (nSPS) is 14.9. The van der Waals surface area contributed by atoms with Gasteiger partial charge in [0.2, 0.25) is 0 Å². The van der Waals surface area contributed by atoms with Gasteiger partial charge in [-0.15, -0.1) is 0 Å². The van der Waals surface area contributed by atoms with Gasteiger partial charge in [0.15, 0.2) is 0 Å². The Kier molecular flexibility index (Phi) is 6.21. The second-order valence-electron chi connectivity index (χ2n) is 5.09. The van der Waals surface area contributed by atoms with Gasteiger partial charge in [-0.3, -0.25) is 0 Å². The quantitative estimate of drug-likeness (QED) is 0.827. The van der Waals surface area contributed by atoms with E-state index in [0.29, 0.717) is 17.9 Å². The molecule has 0 saturated heterocycles. The van der Waals surface area contributed by atoms with E-state index in [4.69, 9.17) is 0 Å². The summed E-state index contributed by atoms with van der Waals surface area (Å²) in [4.78, 5) is 0. The molecule has 0 bridgehead atoms. The van der Waals surface area contributed by atoms with Crippen LogP contribution in [0.25, 0.3) is 0 Å². The first kappa shape index (κ1) is 14.7. The Bertz CT molecular complexity index is 335. The zero-order valence-corrected chi connectivity index (χ0v) is 12.9. The van der Waals surface area contributed by atoms with Gasteiger partial charge in [0.25, 0.3) is 0 Å². The van der Waals surface area contributed by atoms with Crippen molar-refractivity contribution in [3.63, 3.8) is 0 Å². The van der Waals surface area contributed by atoms with Crippen molar-refractivity contribution in [3.8, 4) is 0 Å². The number of benzene rings is 1. The maximum atomic E-state index is 3.55. The predicted molar refractivity (Wildman–Crippen MR) is 79.3 cm³/mol. The molecule has 0 aliphatic heterocycles. The third-order valence-electron chi connectivity index (χ3n) is 3.39. The third kappa shape index (κ3) is 4.81. The Morgan fingerprint density at radius 3 is 2.47 bits per heavy atom. The fourth-order valence-corrected chi connectivity index (χ4v) is 2.85. The molecule has 2 atom stereocenters. The number of hydrogen-bond donors (Lipinski definition) is 1. The summed E-state index contributed by atoms with van der Waals surface area (Å²) in [6, 6.07) is 9.22. The van der Waals surface area contributed by atoms with E-state index < -0.39 is 0 Å². The zero-order valence-electron chi connectivity index (χ0n) is 11.3. The number of nitrogens with one attached hydrogen (secondary N) is 1. The largest absolute Gasteiger partial charge is 0.314 e. The molecule has 0 saturated carbocycles. The zero-order chi connectivity index (χ0) is 12.8. The van der Waals surface area contributed by atoms with Crippen molar-refractivity contribution in [3.05, 3.63) is 34.3 Å². The molecule has 0 spiro atoms. The minimum Gasteiger partial charge on any atom is -0.314 e. The second-order valence-corrected chi connectivity index (χ2v) is 6.00. The highest BCUT2D eigenvalue weighted by molar-refractivity contribution is 9.10. The highest BCUT2D eigenvalue weighted by atomic mass is 79.9. The summed E-state index contributed by atoms with van der Waals surface area (Å²) in [6.45, 7) is 10.1. The molecular formula is C15H24BrN. The van der Waals surface area contributed by atoms with Gasteiger partial charge in [-0.1, -0.05) is 48.8 Å². The van der Waals surface area contributed by atoms with Crippen molar-refractivity contribution in [2.45, 2.75) is 40.2 Å². The van der Waals surface area contributed by atoms with Crippen molar-refractivity contribution < 1.29 is 0 Å². The van der Waals surface area contributed by atoms with E-state index in [1.165, 1.54) is 10.0 Å². The minimum absolute atomic E-state index is 0.569. The molecule has 1 N–H and O–H groups in total. The van der Waals surface area contributed by atoms with Crippen molar-refractivity contribution in [2.75, 3.05) is 6.54 Å². The van der Waals surface area contributed by atoms with Crippen molar-refractivity contribution in [1.82, 2.24) is 5.32 Å². The molecule has 0 aliphatic carbocycles. The molecule has 96 valence electrons. The minimum atomic E-state index is 0.569. The third-order valence-corrected chi connectivity index (χ3v) is 3.88. The first-order chi connectivity index (χ1) is 8.04. The lowest BCUT2D eigenvalue weighted by atomic mass is 9.84. The molecule has 2 unspecified atom stereocenters. The second kappa shape index (κ2) is 7.17. The van der Waals surface area contributed by atoms with Crippen molar-refractivity contribution in [2.24, 2.45) is 11.8 Å². The molecule has 2 heteroatoms. The Labute approximate surface area is 114 Å². The van der Waals surface area contributed by atoms with E-state index in [1.807, 2.05) is 0 Å². The van der Waals surface area contributed by atoms with Crippen LogP contribution in [0, 0.1) is 11.8 Å². The average molecular weight is 298 g/mol. The van der Waals surface area contributed by atoms with Gasteiger partial charge in [0, 0.05) is 10.5 Å². The maximum Gasteiger partial charge on any atom is 0.0177 e. The SMILES string of the molecule is CCNC(C)C(Cc1cccc(Br)c1)C(C)C. The number of rotatable bonds is 6. The van der Waals surface area contributed by atoms with Crippen LogP contribution in [-0.4, -0.2) is 12.6 Å². The molecule has 17 heavy (non-hydrogen) atoms. The monoisotopic (exact) mass is 297 g/mol. The van der Waals surface area contributed by atoms with Crippen LogP contribution in [0.5, 0.6) is 0 Å². The first-order valence-electron chi connectivity index (χ1n) is 6.52. The predicted octanol–water partition coefficient (Wildman–Crippen LogP) is 4.26. The molecule has 0 heterocycles. The maximum absolute atomic E-state index is 3.55. The standard InChI is InChI=1S/C15H24BrN/c1-5-17-12(4)15(11(2)3)10-13-7-6-8-14(16)9-13/h6-9,11-12,15,17H,5,10H2,1-4H3. The Hall–Kier alpha value is -0.340. The Morgan fingerprint density at radius 1 is 1.24 bits per heavy atom. The lowest BCUT2D eigenvalue weighted by Crippen LogP contribution is -2.37. The van der Waals surface area contributed by atoms with E-state index >= 15 is 0 Å². The molecule has 1 nitrogen and oxygen atoms in total. The molecule has 0 amide bonds. The van der Waals surface area contributed by atoms with E-state index in [-0.39, 0.29) is 0 Å². The van der Waals surface area contributed by atoms with Crippen LogP contribution in [0.15, 0.2) is 28.7 Å². The van der Waals surface area contributed by atoms with Gasteiger partial charge in [-0.2, -0.15) is 0 Å². The van der Waals surface area contributed by atoms with Crippen molar-refractivity contribution >= 4 is 15.9 Å². The topological polar surface area (TPSA) is 12.0 Å². The Balaban J connectivity index is 2.73. The number of hydrogen-bond acceptors (Lipinski definition) is 1. The fraction of sp³-hybridized carbons (Fsp3) is 0.600. The molecule has 1 aromatic carbocycles. The van der Waals surface area contributed by atoms with E-state index in [1.54, 1.807) is 0 Å².